The Bertz CT molecular complexity index is 534. The van der Waals surface area contributed by atoms with Crippen molar-refractivity contribution in [1.29, 1.82) is 0 Å². The minimum Gasteiger partial charge on any atom is -0.490 e. The number of rotatable bonds is 4. The molecule has 2 N–H and O–H groups in total. The van der Waals surface area contributed by atoms with E-state index in [1.165, 1.54) is 13.2 Å². The number of hydrogen-bond acceptors (Lipinski definition) is 6. The lowest BCUT2D eigenvalue weighted by Crippen LogP contribution is -2.43. The molecule has 9 heteroatoms. The van der Waals surface area contributed by atoms with Gasteiger partial charge in [-0.1, -0.05) is 0 Å². The first kappa shape index (κ1) is 14.9. The van der Waals surface area contributed by atoms with Crippen molar-refractivity contribution in [3.63, 3.8) is 0 Å². The molecule has 0 aliphatic carbocycles. The van der Waals surface area contributed by atoms with Gasteiger partial charge in [0.05, 0.1) is 12.0 Å². The fourth-order valence-electron chi connectivity index (χ4n) is 1.28. The second kappa shape index (κ2) is 6.12. The monoisotopic (exact) mass is 287 g/mol. The highest BCUT2D eigenvalue weighted by Gasteiger charge is 2.22. The van der Waals surface area contributed by atoms with Crippen molar-refractivity contribution < 1.29 is 19.2 Å². The summed E-state index contributed by atoms with van der Waals surface area (Å²) in [6, 6.07) is 3.39. The SMILES string of the molecule is COc1cc(C(=O)N(N)C(=O)CCl)ccc1[N+](=O)[O-]. The van der Waals surface area contributed by atoms with Gasteiger partial charge in [-0.25, -0.2) is 10.9 Å². The van der Waals surface area contributed by atoms with Gasteiger partial charge in [-0.2, -0.15) is 0 Å². The van der Waals surface area contributed by atoms with Crippen LogP contribution in [0.25, 0.3) is 0 Å². The number of alkyl halides is 1. The van der Waals surface area contributed by atoms with Crippen LogP contribution in [0.4, 0.5) is 5.69 Å². The number of imide groups is 1. The maximum Gasteiger partial charge on any atom is 0.310 e. The number of hydrazine groups is 1. The molecule has 0 heterocycles. The number of nitrogens with two attached hydrogens (primary N) is 1. The van der Waals surface area contributed by atoms with E-state index in [1.807, 2.05) is 0 Å². The van der Waals surface area contributed by atoms with Gasteiger partial charge in [-0.05, 0) is 6.07 Å². The van der Waals surface area contributed by atoms with Crippen molar-refractivity contribution in [2.75, 3.05) is 13.0 Å². The van der Waals surface area contributed by atoms with Gasteiger partial charge in [0.2, 0.25) is 0 Å². The average molecular weight is 288 g/mol. The standard InChI is InChI=1S/C10H10ClN3O5/c1-19-8-4-6(2-3-7(8)14(17)18)10(16)13(12)9(15)5-11/h2-4H,5,12H2,1H3. The molecular formula is C10H10ClN3O5. The summed E-state index contributed by atoms with van der Waals surface area (Å²) in [5.74, 6) is 3.08. The van der Waals surface area contributed by atoms with Gasteiger partial charge < -0.3 is 4.74 Å². The van der Waals surface area contributed by atoms with Crippen molar-refractivity contribution in [1.82, 2.24) is 5.01 Å². The van der Waals surface area contributed by atoms with E-state index in [1.54, 1.807) is 0 Å². The molecule has 0 atom stereocenters. The maximum atomic E-state index is 11.8. The van der Waals surface area contributed by atoms with E-state index in [9.17, 15) is 19.7 Å². The van der Waals surface area contributed by atoms with Gasteiger partial charge in [0.25, 0.3) is 11.8 Å². The van der Waals surface area contributed by atoms with E-state index in [2.05, 4.69) is 0 Å². The number of methoxy groups -OCH3 is 1. The van der Waals surface area contributed by atoms with Crippen LogP contribution in [-0.2, 0) is 4.79 Å². The highest BCUT2D eigenvalue weighted by Crippen LogP contribution is 2.27. The van der Waals surface area contributed by atoms with E-state index >= 15 is 0 Å². The van der Waals surface area contributed by atoms with Gasteiger partial charge in [0.15, 0.2) is 5.75 Å². The highest BCUT2D eigenvalue weighted by molar-refractivity contribution is 6.28. The fourth-order valence-corrected chi connectivity index (χ4v) is 1.41. The molecule has 0 saturated carbocycles. The van der Waals surface area contributed by atoms with E-state index < -0.39 is 22.6 Å². The fraction of sp³-hybridized carbons (Fsp3) is 0.200. The second-order valence-electron chi connectivity index (χ2n) is 3.35. The number of halogens is 1. The Morgan fingerprint density at radius 2 is 2.16 bits per heavy atom. The van der Waals surface area contributed by atoms with Gasteiger partial charge in [-0.15, -0.1) is 11.6 Å². The Labute approximate surface area is 112 Å². The van der Waals surface area contributed by atoms with Crippen LogP contribution in [0.15, 0.2) is 18.2 Å². The highest BCUT2D eigenvalue weighted by atomic mass is 35.5. The molecule has 1 rings (SSSR count). The molecule has 0 fully saturated rings. The zero-order valence-corrected chi connectivity index (χ0v) is 10.6. The Morgan fingerprint density at radius 3 is 2.63 bits per heavy atom. The first-order valence-electron chi connectivity index (χ1n) is 4.92. The first-order chi connectivity index (χ1) is 8.92. The molecule has 1 aromatic rings. The molecule has 102 valence electrons. The molecule has 1 aromatic carbocycles. The molecule has 0 bridgehead atoms. The van der Waals surface area contributed by atoms with E-state index in [0.29, 0.717) is 5.01 Å². The topological polar surface area (TPSA) is 116 Å². The van der Waals surface area contributed by atoms with Crippen LogP contribution >= 0.6 is 11.6 Å². The molecule has 0 aliphatic heterocycles. The number of hydrogen-bond donors (Lipinski definition) is 1. The van der Waals surface area contributed by atoms with Crippen LogP contribution in [0.1, 0.15) is 10.4 Å². The lowest BCUT2D eigenvalue weighted by Gasteiger charge is -2.13. The number of nitro groups is 1. The summed E-state index contributed by atoms with van der Waals surface area (Å²) in [6.07, 6.45) is 0. The van der Waals surface area contributed by atoms with Gasteiger partial charge >= 0.3 is 5.69 Å². The van der Waals surface area contributed by atoms with Crippen LogP contribution in [0.2, 0.25) is 0 Å². The third-order valence-corrected chi connectivity index (χ3v) is 2.45. The largest absolute Gasteiger partial charge is 0.490 e. The van der Waals surface area contributed by atoms with Crippen molar-refractivity contribution >= 4 is 29.1 Å². The van der Waals surface area contributed by atoms with E-state index in [0.717, 1.165) is 12.1 Å². The zero-order valence-electron chi connectivity index (χ0n) is 9.83. The Kier molecular flexibility index (Phi) is 4.79. The zero-order chi connectivity index (χ0) is 14.6. The summed E-state index contributed by atoms with van der Waals surface area (Å²) in [5, 5.41) is 11.0. The molecule has 0 aromatic heterocycles. The number of nitrogens with zero attached hydrogens (tertiary/aromatic N) is 2. The molecular weight excluding hydrogens is 278 g/mol. The lowest BCUT2D eigenvalue weighted by atomic mass is 10.1. The number of nitro benzene ring substituents is 1. The van der Waals surface area contributed by atoms with Crippen molar-refractivity contribution in [3.8, 4) is 5.75 Å². The lowest BCUT2D eigenvalue weighted by molar-refractivity contribution is -0.385. The Hall–Kier alpha value is -2.19. The summed E-state index contributed by atoms with van der Waals surface area (Å²) >= 11 is 5.27. The minimum atomic E-state index is -0.834. The number of amides is 2. The number of carbonyl (C=O) groups excluding carboxylic acids is 2. The van der Waals surface area contributed by atoms with Crippen molar-refractivity contribution in [3.05, 3.63) is 33.9 Å². The summed E-state index contributed by atoms with van der Waals surface area (Å²) in [5.41, 5.74) is -0.324. The predicted octanol–water partition coefficient (Wildman–Crippen LogP) is 0.685. The van der Waals surface area contributed by atoms with Crippen LogP contribution in [0.5, 0.6) is 5.75 Å². The molecule has 0 spiro atoms. The van der Waals surface area contributed by atoms with Crippen LogP contribution < -0.4 is 10.6 Å². The number of carbonyl (C=O) groups is 2. The van der Waals surface area contributed by atoms with Crippen molar-refractivity contribution in [2.24, 2.45) is 5.84 Å². The summed E-state index contributed by atoms with van der Waals surface area (Å²) in [6.45, 7) is 0. The predicted molar refractivity (Wildman–Crippen MR) is 65.7 cm³/mol. The third-order valence-electron chi connectivity index (χ3n) is 2.23. The summed E-state index contributed by atoms with van der Waals surface area (Å²) < 4.78 is 4.80. The number of ether oxygens (including phenoxy) is 1. The van der Waals surface area contributed by atoms with Gasteiger partial charge in [0.1, 0.15) is 5.88 Å². The van der Waals surface area contributed by atoms with Crippen molar-refractivity contribution in [2.45, 2.75) is 0 Å². The van der Waals surface area contributed by atoms with Gasteiger partial charge in [0, 0.05) is 17.7 Å². The molecule has 19 heavy (non-hydrogen) atoms. The first-order valence-corrected chi connectivity index (χ1v) is 5.46. The van der Waals surface area contributed by atoms with E-state index in [4.69, 9.17) is 22.2 Å². The summed E-state index contributed by atoms with van der Waals surface area (Å²) in [4.78, 5) is 33.0. The van der Waals surface area contributed by atoms with Gasteiger partial charge in [-0.3, -0.25) is 19.7 Å². The smallest absolute Gasteiger partial charge is 0.310 e. The summed E-state index contributed by atoms with van der Waals surface area (Å²) in [7, 11) is 1.22. The van der Waals surface area contributed by atoms with Crippen LogP contribution in [-0.4, -0.2) is 34.7 Å². The number of benzene rings is 1. The Morgan fingerprint density at radius 1 is 1.53 bits per heavy atom. The normalized spacial score (nSPS) is 9.84. The minimum absolute atomic E-state index is 0.0246. The van der Waals surface area contributed by atoms with Crippen LogP contribution in [0.3, 0.4) is 0 Å². The molecule has 0 unspecified atom stereocenters. The second-order valence-corrected chi connectivity index (χ2v) is 3.61. The maximum absolute atomic E-state index is 11.8. The quantitative estimate of drug-likeness (QED) is 0.286. The molecule has 0 aliphatic rings. The van der Waals surface area contributed by atoms with Crippen LogP contribution in [0, 0.1) is 10.1 Å². The molecule has 0 radical (unpaired) electrons. The molecule has 0 saturated heterocycles. The van der Waals surface area contributed by atoms with E-state index in [-0.39, 0.29) is 17.0 Å². The average Bonchev–Trinajstić information content (AvgIpc) is 2.43. The Balaban J connectivity index is 3.12. The molecule has 2 amide bonds. The third kappa shape index (κ3) is 3.18. The molecule has 8 nitrogen and oxygen atoms in total.